The van der Waals surface area contributed by atoms with Crippen LogP contribution in [-0.4, -0.2) is 23.7 Å². The number of benzene rings is 1. The van der Waals surface area contributed by atoms with E-state index in [1.165, 1.54) is 11.8 Å². The molecule has 0 fully saturated rings. The van der Waals surface area contributed by atoms with Crippen LogP contribution < -0.4 is 11.1 Å². The zero-order chi connectivity index (χ0) is 13.6. The Balaban J connectivity index is 2.47. The topological polar surface area (TPSA) is 55.1 Å². The molecule has 0 aliphatic rings. The number of nitrogens with two attached hydrogens (primary N) is 1. The number of hydrogen-bond acceptors (Lipinski definition) is 3. The Labute approximate surface area is 114 Å². The predicted molar refractivity (Wildman–Crippen MR) is 77.6 cm³/mol. The Morgan fingerprint density at radius 2 is 2.00 bits per heavy atom. The molecule has 0 aliphatic carbocycles. The van der Waals surface area contributed by atoms with Gasteiger partial charge in [0.2, 0.25) is 5.91 Å². The number of thioether (sulfide) groups is 1. The number of hydrogen-bond donors (Lipinski definition) is 2. The van der Waals surface area contributed by atoms with Gasteiger partial charge in [-0.05, 0) is 25.0 Å². The van der Waals surface area contributed by atoms with Crippen molar-refractivity contribution in [3.63, 3.8) is 0 Å². The van der Waals surface area contributed by atoms with Crippen LogP contribution in [0, 0.1) is 5.92 Å². The van der Waals surface area contributed by atoms with Crippen molar-refractivity contribution in [2.45, 2.75) is 31.2 Å². The van der Waals surface area contributed by atoms with E-state index in [1.54, 1.807) is 0 Å². The van der Waals surface area contributed by atoms with E-state index in [9.17, 15) is 4.79 Å². The van der Waals surface area contributed by atoms with E-state index in [2.05, 4.69) is 19.2 Å². The van der Waals surface area contributed by atoms with Crippen molar-refractivity contribution in [1.29, 1.82) is 0 Å². The highest BCUT2D eigenvalue weighted by molar-refractivity contribution is 8.00. The van der Waals surface area contributed by atoms with Crippen LogP contribution in [0.5, 0.6) is 0 Å². The number of carbonyl (C=O) groups excluding carboxylic acids is 1. The molecule has 0 spiro atoms. The van der Waals surface area contributed by atoms with E-state index in [-0.39, 0.29) is 11.4 Å². The van der Waals surface area contributed by atoms with Gasteiger partial charge in [0.1, 0.15) is 0 Å². The zero-order valence-electron chi connectivity index (χ0n) is 11.3. The summed E-state index contributed by atoms with van der Waals surface area (Å²) in [6.07, 6.45) is 0. The summed E-state index contributed by atoms with van der Waals surface area (Å²) in [5.74, 6) is 0.769. The summed E-state index contributed by atoms with van der Waals surface area (Å²) in [4.78, 5) is 13.0. The quantitative estimate of drug-likeness (QED) is 0.777. The van der Waals surface area contributed by atoms with Gasteiger partial charge in [0.25, 0.3) is 0 Å². The lowest BCUT2D eigenvalue weighted by atomic mass is 9.88. The molecule has 0 radical (unpaired) electrons. The molecule has 1 aromatic carbocycles. The molecule has 0 aliphatic heterocycles. The monoisotopic (exact) mass is 266 g/mol. The first-order valence-electron chi connectivity index (χ1n) is 6.17. The van der Waals surface area contributed by atoms with Crippen molar-refractivity contribution in [3.05, 3.63) is 30.3 Å². The molecular formula is C14H22N2OS. The molecule has 4 heteroatoms. The number of carbonyl (C=O) groups is 1. The molecule has 1 amide bonds. The Bertz CT molecular complexity index is 381. The molecule has 0 bridgehead atoms. The third-order valence-corrected chi connectivity index (χ3v) is 4.25. The van der Waals surface area contributed by atoms with Crippen LogP contribution in [0.25, 0.3) is 0 Å². The number of amides is 1. The van der Waals surface area contributed by atoms with Gasteiger partial charge in [0.15, 0.2) is 0 Å². The van der Waals surface area contributed by atoms with Crippen molar-refractivity contribution in [2.75, 3.05) is 12.3 Å². The van der Waals surface area contributed by atoms with Gasteiger partial charge in [-0.1, -0.05) is 32.0 Å². The van der Waals surface area contributed by atoms with Crippen molar-refractivity contribution in [2.24, 2.45) is 11.7 Å². The first kappa shape index (κ1) is 15.1. The minimum atomic E-state index is -0.325. The molecular weight excluding hydrogens is 244 g/mol. The Kier molecular flexibility index (Phi) is 5.69. The molecule has 0 heterocycles. The van der Waals surface area contributed by atoms with Crippen LogP contribution in [-0.2, 0) is 4.79 Å². The smallest absolute Gasteiger partial charge is 0.230 e. The molecule has 0 aromatic heterocycles. The maximum atomic E-state index is 11.9. The number of rotatable bonds is 6. The minimum absolute atomic E-state index is 0.0329. The predicted octanol–water partition coefficient (Wildman–Crippen LogP) is 2.27. The summed E-state index contributed by atoms with van der Waals surface area (Å²) in [7, 11) is 0. The molecule has 3 nitrogen and oxygen atoms in total. The first-order valence-corrected chi connectivity index (χ1v) is 7.15. The van der Waals surface area contributed by atoms with Crippen molar-refractivity contribution >= 4 is 17.7 Å². The normalized spacial score (nSPS) is 14.3. The van der Waals surface area contributed by atoms with Crippen molar-refractivity contribution in [1.82, 2.24) is 5.32 Å². The van der Waals surface area contributed by atoms with Crippen LogP contribution in [0.1, 0.15) is 20.8 Å². The second kappa shape index (κ2) is 6.81. The highest BCUT2D eigenvalue weighted by Gasteiger charge is 2.28. The maximum absolute atomic E-state index is 11.9. The van der Waals surface area contributed by atoms with Crippen molar-refractivity contribution in [3.8, 4) is 0 Å². The molecule has 1 unspecified atom stereocenters. The van der Waals surface area contributed by atoms with Gasteiger partial charge in [-0.2, -0.15) is 0 Å². The second-order valence-electron chi connectivity index (χ2n) is 4.93. The van der Waals surface area contributed by atoms with Crippen LogP contribution in [0.3, 0.4) is 0 Å². The molecule has 1 aromatic rings. The van der Waals surface area contributed by atoms with E-state index in [0.29, 0.717) is 18.2 Å². The second-order valence-corrected chi connectivity index (χ2v) is 5.97. The molecule has 3 N–H and O–H groups in total. The van der Waals surface area contributed by atoms with E-state index in [1.807, 2.05) is 37.3 Å². The van der Waals surface area contributed by atoms with Gasteiger partial charge < -0.3 is 11.1 Å². The van der Waals surface area contributed by atoms with Gasteiger partial charge in [0.05, 0.1) is 11.3 Å². The fraction of sp³-hybridized carbons (Fsp3) is 0.500. The molecule has 18 heavy (non-hydrogen) atoms. The van der Waals surface area contributed by atoms with Crippen LogP contribution in [0.15, 0.2) is 35.2 Å². The van der Waals surface area contributed by atoms with Gasteiger partial charge in [-0.3, -0.25) is 4.79 Å². The zero-order valence-corrected chi connectivity index (χ0v) is 12.1. The average molecular weight is 266 g/mol. The Hall–Kier alpha value is -1.00. The Morgan fingerprint density at radius 3 is 2.50 bits per heavy atom. The highest BCUT2D eigenvalue weighted by atomic mass is 32.2. The standard InChI is InChI=1S/C14H22N2OS/c1-11(2)14(3,10-15)16-13(17)9-18-12-7-5-4-6-8-12/h4-8,11H,9-10,15H2,1-3H3,(H,16,17). The summed E-state index contributed by atoms with van der Waals surface area (Å²) in [5, 5.41) is 3.03. The maximum Gasteiger partial charge on any atom is 0.230 e. The molecule has 0 saturated carbocycles. The summed E-state index contributed by atoms with van der Waals surface area (Å²) >= 11 is 1.54. The van der Waals surface area contributed by atoms with Crippen LogP contribution >= 0.6 is 11.8 Å². The largest absolute Gasteiger partial charge is 0.349 e. The van der Waals surface area contributed by atoms with Crippen LogP contribution in [0.4, 0.5) is 0 Å². The molecule has 1 rings (SSSR count). The summed E-state index contributed by atoms with van der Waals surface area (Å²) in [6.45, 7) is 6.57. The molecule has 1 atom stereocenters. The average Bonchev–Trinajstić information content (AvgIpc) is 2.37. The third kappa shape index (κ3) is 4.35. The van der Waals surface area contributed by atoms with Crippen molar-refractivity contribution < 1.29 is 4.79 Å². The minimum Gasteiger partial charge on any atom is -0.349 e. The van der Waals surface area contributed by atoms with E-state index >= 15 is 0 Å². The number of nitrogens with one attached hydrogen (secondary N) is 1. The lowest BCUT2D eigenvalue weighted by molar-refractivity contribution is -0.120. The summed E-state index contributed by atoms with van der Waals surface area (Å²) in [6, 6.07) is 9.91. The Morgan fingerprint density at radius 1 is 1.39 bits per heavy atom. The first-order chi connectivity index (χ1) is 8.48. The fourth-order valence-electron chi connectivity index (χ4n) is 1.45. The summed E-state index contributed by atoms with van der Waals surface area (Å²) in [5.41, 5.74) is 5.42. The lowest BCUT2D eigenvalue weighted by Gasteiger charge is -2.33. The third-order valence-electron chi connectivity index (χ3n) is 3.24. The SMILES string of the molecule is CC(C)C(C)(CN)NC(=O)CSc1ccccc1. The van der Waals surface area contributed by atoms with Crippen LogP contribution in [0.2, 0.25) is 0 Å². The summed E-state index contributed by atoms with van der Waals surface area (Å²) < 4.78 is 0. The van der Waals surface area contributed by atoms with E-state index < -0.39 is 0 Å². The van der Waals surface area contributed by atoms with Gasteiger partial charge in [0, 0.05) is 11.4 Å². The molecule has 0 saturated heterocycles. The molecule has 100 valence electrons. The van der Waals surface area contributed by atoms with Gasteiger partial charge >= 0.3 is 0 Å². The van der Waals surface area contributed by atoms with Gasteiger partial charge in [-0.25, -0.2) is 0 Å². The lowest BCUT2D eigenvalue weighted by Crippen LogP contribution is -2.55. The fourth-order valence-corrected chi connectivity index (χ4v) is 2.17. The van der Waals surface area contributed by atoms with E-state index in [4.69, 9.17) is 5.73 Å². The van der Waals surface area contributed by atoms with E-state index in [0.717, 1.165) is 4.90 Å². The highest BCUT2D eigenvalue weighted by Crippen LogP contribution is 2.18. The van der Waals surface area contributed by atoms with Gasteiger partial charge in [-0.15, -0.1) is 11.8 Å².